The fourth-order valence-electron chi connectivity index (χ4n) is 3.48. The molecule has 3 rings (SSSR count). The van der Waals surface area contributed by atoms with Crippen molar-refractivity contribution in [1.29, 1.82) is 0 Å². The van der Waals surface area contributed by atoms with Gasteiger partial charge in [-0.3, -0.25) is 0 Å². The first kappa shape index (κ1) is 13.1. The summed E-state index contributed by atoms with van der Waals surface area (Å²) in [5.74, 6) is 0. The summed E-state index contributed by atoms with van der Waals surface area (Å²) in [6.07, 6.45) is 1.99. The van der Waals surface area contributed by atoms with Gasteiger partial charge in [0.05, 0.1) is 10.4 Å². The number of nitrogens with zero attached hydrogens (tertiary/aromatic N) is 2. The molecular formula is C14H20N2O2S. The fraction of sp³-hybridized carbons (Fsp3) is 0.571. The van der Waals surface area contributed by atoms with Gasteiger partial charge in [-0.15, -0.1) is 0 Å². The molecule has 19 heavy (non-hydrogen) atoms. The molecule has 0 radical (unpaired) electrons. The Morgan fingerprint density at radius 1 is 1.32 bits per heavy atom. The van der Waals surface area contributed by atoms with E-state index in [2.05, 4.69) is 11.8 Å². The molecule has 2 heterocycles. The van der Waals surface area contributed by atoms with Gasteiger partial charge in [-0.25, -0.2) is 8.42 Å². The third-order valence-electron chi connectivity index (χ3n) is 4.50. The molecule has 0 aromatic heterocycles. The van der Waals surface area contributed by atoms with Crippen molar-refractivity contribution >= 4 is 10.0 Å². The highest BCUT2D eigenvalue weighted by Crippen LogP contribution is 2.48. The Morgan fingerprint density at radius 2 is 2.05 bits per heavy atom. The molecule has 5 heteroatoms. The molecule has 0 saturated carbocycles. The second kappa shape index (κ2) is 4.30. The molecule has 0 bridgehead atoms. The van der Waals surface area contributed by atoms with Crippen molar-refractivity contribution in [2.75, 3.05) is 26.7 Å². The van der Waals surface area contributed by atoms with Crippen molar-refractivity contribution in [1.82, 2.24) is 9.21 Å². The van der Waals surface area contributed by atoms with Gasteiger partial charge in [-0.2, -0.15) is 4.31 Å². The number of likely N-dealkylation sites (N-methyl/N-ethyl adjacent to an activating group) is 1. The number of hydrogen-bond acceptors (Lipinski definition) is 3. The van der Waals surface area contributed by atoms with Crippen LogP contribution in [0.3, 0.4) is 0 Å². The summed E-state index contributed by atoms with van der Waals surface area (Å²) in [5, 5.41) is 0. The fourth-order valence-corrected chi connectivity index (χ4v) is 5.27. The quantitative estimate of drug-likeness (QED) is 0.827. The average Bonchev–Trinajstić information content (AvgIpc) is 2.89. The molecule has 1 saturated heterocycles. The first-order chi connectivity index (χ1) is 9.02. The van der Waals surface area contributed by atoms with E-state index in [4.69, 9.17) is 0 Å². The van der Waals surface area contributed by atoms with E-state index in [0.717, 1.165) is 38.0 Å². The maximum atomic E-state index is 12.5. The molecule has 0 aliphatic carbocycles. The molecule has 104 valence electrons. The smallest absolute Gasteiger partial charge is 0.244 e. The molecule has 1 spiro atoms. The third-order valence-corrected chi connectivity index (χ3v) is 6.48. The average molecular weight is 280 g/mol. The minimum Gasteiger partial charge on any atom is -0.301 e. The Bertz CT molecular complexity index is 599. The molecule has 4 nitrogen and oxygen atoms in total. The minimum absolute atomic E-state index is 0.343. The first-order valence-electron chi connectivity index (χ1n) is 6.83. The Labute approximate surface area is 115 Å². The van der Waals surface area contributed by atoms with Crippen LogP contribution in [0.1, 0.15) is 25.3 Å². The van der Waals surface area contributed by atoms with Crippen molar-refractivity contribution in [2.45, 2.75) is 30.2 Å². The molecule has 2 aliphatic heterocycles. The van der Waals surface area contributed by atoms with Crippen molar-refractivity contribution < 1.29 is 8.42 Å². The van der Waals surface area contributed by atoms with Gasteiger partial charge in [0.25, 0.3) is 0 Å². The number of fused-ring (bicyclic) bond motifs is 2. The van der Waals surface area contributed by atoms with Crippen molar-refractivity contribution in [3.63, 3.8) is 0 Å². The lowest BCUT2D eigenvalue weighted by atomic mass is 9.89. The molecule has 0 N–H and O–H groups in total. The largest absolute Gasteiger partial charge is 0.301 e. The topological polar surface area (TPSA) is 40.6 Å². The highest BCUT2D eigenvalue weighted by atomic mass is 32.2. The van der Waals surface area contributed by atoms with Crippen LogP contribution in [0.15, 0.2) is 29.2 Å². The highest BCUT2D eigenvalue weighted by Gasteiger charge is 2.54. The third kappa shape index (κ3) is 1.68. The lowest BCUT2D eigenvalue weighted by molar-refractivity contribution is 0.220. The number of hydrogen-bond donors (Lipinski definition) is 0. The molecule has 2 aliphatic rings. The van der Waals surface area contributed by atoms with E-state index in [1.807, 2.05) is 18.2 Å². The molecule has 1 aromatic carbocycles. The zero-order valence-corrected chi connectivity index (χ0v) is 12.3. The predicted molar refractivity (Wildman–Crippen MR) is 74.4 cm³/mol. The van der Waals surface area contributed by atoms with Crippen LogP contribution < -0.4 is 0 Å². The Balaban J connectivity index is 2.09. The van der Waals surface area contributed by atoms with E-state index in [0.29, 0.717) is 4.90 Å². The van der Waals surface area contributed by atoms with Gasteiger partial charge >= 0.3 is 0 Å². The highest BCUT2D eigenvalue weighted by molar-refractivity contribution is 7.89. The second-order valence-corrected chi connectivity index (χ2v) is 7.46. The molecule has 1 aromatic rings. The molecule has 1 atom stereocenters. The van der Waals surface area contributed by atoms with Crippen molar-refractivity contribution in [2.24, 2.45) is 0 Å². The molecule has 1 unspecified atom stereocenters. The van der Waals surface area contributed by atoms with Crippen LogP contribution in [0.4, 0.5) is 0 Å². The maximum absolute atomic E-state index is 12.5. The summed E-state index contributed by atoms with van der Waals surface area (Å²) in [4.78, 5) is 2.87. The lowest BCUT2D eigenvalue weighted by Gasteiger charge is -2.31. The van der Waals surface area contributed by atoms with E-state index < -0.39 is 10.0 Å². The Kier molecular flexibility index (Phi) is 2.96. The summed E-state index contributed by atoms with van der Waals surface area (Å²) in [7, 11) is -1.58. The summed E-state index contributed by atoms with van der Waals surface area (Å²) in [5.41, 5.74) is 0.640. The monoisotopic (exact) mass is 280 g/mol. The van der Waals surface area contributed by atoms with E-state index >= 15 is 0 Å². The van der Waals surface area contributed by atoms with Crippen LogP contribution >= 0.6 is 0 Å². The molecule has 0 amide bonds. The Morgan fingerprint density at radius 3 is 2.79 bits per heavy atom. The SMILES string of the molecule is CCCN1CCC2(C1)c1ccccc1S(=O)(=O)N2C. The predicted octanol–water partition coefficient (Wildman–Crippen LogP) is 1.63. The van der Waals surface area contributed by atoms with Crippen LogP contribution in [0, 0.1) is 0 Å². The van der Waals surface area contributed by atoms with Crippen LogP contribution in [0.5, 0.6) is 0 Å². The van der Waals surface area contributed by atoms with Crippen molar-refractivity contribution in [3.05, 3.63) is 29.8 Å². The van der Waals surface area contributed by atoms with Crippen LogP contribution in [0.25, 0.3) is 0 Å². The van der Waals surface area contributed by atoms with Crippen LogP contribution in [-0.4, -0.2) is 44.3 Å². The molecular weight excluding hydrogens is 260 g/mol. The van der Waals surface area contributed by atoms with Crippen LogP contribution in [0.2, 0.25) is 0 Å². The maximum Gasteiger partial charge on any atom is 0.244 e. The first-order valence-corrected chi connectivity index (χ1v) is 8.27. The van der Waals surface area contributed by atoms with Crippen molar-refractivity contribution in [3.8, 4) is 0 Å². The number of sulfonamides is 1. The Hall–Kier alpha value is -0.910. The second-order valence-electron chi connectivity index (χ2n) is 5.53. The van der Waals surface area contributed by atoms with Gasteiger partial charge < -0.3 is 4.90 Å². The van der Waals surface area contributed by atoms with E-state index in [-0.39, 0.29) is 5.54 Å². The van der Waals surface area contributed by atoms with E-state index in [1.54, 1.807) is 17.4 Å². The number of benzene rings is 1. The zero-order chi connectivity index (χ0) is 13.7. The number of rotatable bonds is 2. The number of likely N-dealkylation sites (tertiary alicyclic amines) is 1. The van der Waals surface area contributed by atoms with Gasteiger partial charge in [-0.05, 0) is 31.0 Å². The van der Waals surface area contributed by atoms with Gasteiger partial charge in [-0.1, -0.05) is 25.1 Å². The normalized spacial score (nSPS) is 30.0. The zero-order valence-electron chi connectivity index (χ0n) is 11.5. The summed E-state index contributed by atoms with van der Waals surface area (Å²) >= 11 is 0. The van der Waals surface area contributed by atoms with Gasteiger partial charge in [0.1, 0.15) is 0 Å². The van der Waals surface area contributed by atoms with Gasteiger partial charge in [0.2, 0.25) is 10.0 Å². The van der Waals surface area contributed by atoms with E-state index in [9.17, 15) is 8.42 Å². The van der Waals surface area contributed by atoms with Gasteiger partial charge in [0.15, 0.2) is 0 Å². The van der Waals surface area contributed by atoms with E-state index in [1.165, 1.54) is 0 Å². The van der Waals surface area contributed by atoms with Gasteiger partial charge in [0, 0.05) is 20.1 Å². The summed E-state index contributed by atoms with van der Waals surface area (Å²) in [6, 6.07) is 7.46. The minimum atomic E-state index is -3.31. The van der Waals surface area contributed by atoms with Crippen LogP contribution in [-0.2, 0) is 15.6 Å². The molecule has 1 fully saturated rings. The summed E-state index contributed by atoms with van der Waals surface area (Å²) in [6.45, 7) is 4.99. The lowest BCUT2D eigenvalue weighted by Crippen LogP contribution is -2.43. The standard InChI is InChI=1S/C14H20N2O2S/c1-3-9-16-10-8-14(11-16)12-6-4-5-7-13(12)19(17,18)15(14)2/h4-7H,3,8-11H2,1-2H3. The summed E-state index contributed by atoms with van der Waals surface area (Å²) < 4.78 is 26.6.